The highest BCUT2D eigenvalue weighted by atomic mass is 14.4. The Hall–Kier alpha value is -2.00. The molecule has 4 aliphatic rings. The van der Waals surface area contributed by atoms with Crippen LogP contribution < -0.4 is 0 Å². The van der Waals surface area contributed by atoms with Gasteiger partial charge in [0.2, 0.25) is 0 Å². The van der Waals surface area contributed by atoms with Gasteiger partial charge in [-0.2, -0.15) is 0 Å². The average molecular weight is 443 g/mol. The average Bonchev–Trinajstić information content (AvgIpc) is 3.16. The maximum atomic E-state index is 4.00. The molecule has 0 radical (unpaired) electrons. The second-order valence-corrected chi connectivity index (χ2v) is 11.1. The summed E-state index contributed by atoms with van der Waals surface area (Å²) in [7, 11) is 0. The fourth-order valence-corrected chi connectivity index (χ4v) is 7.21. The van der Waals surface area contributed by atoms with Crippen LogP contribution in [0.4, 0.5) is 0 Å². The van der Waals surface area contributed by atoms with E-state index in [9.17, 15) is 0 Å². The summed E-state index contributed by atoms with van der Waals surface area (Å²) in [4.78, 5) is 0. The van der Waals surface area contributed by atoms with Gasteiger partial charge in [-0.25, -0.2) is 0 Å². The molecule has 2 saturated carbocycles. The van der Waals surface area contributed by atoms with Crippen molar-refractivity contribution in [1.82, 2.24) is 0 Å². The smallest absolute Gasteiger partial charge is 0.000428 e. The zero-order valence-electron chi connectivity index (χ0n) is 20.7. The van der Waals surface area contributed by atoms with Crippen molar-refractivity contribution in [2.75, 3.05) is 0 Å². The summed E-state index contributed by atoms with van der Waals surface area (Å²) in [6, 6.07) is 7.48. The zero-order valence-corrected chi connectivity index (χ0v) is 20.7. The molecule has 0 spiro atoms. The van der Waals surface area contributed by atoms with Gasteiger partial charge in [-0.05, 0) is 115 Å². The van der Waals surface area contributed by atoms with E-state index >= 15 is 0 Å². The molecule has 33 heavy (non-hydrogen) atoms. The quantitative estimate of drug-likeness (QED) is 0.351. The number of fused-ring (bicyclic) bond motifs is 7. The summed E-state index contributed by atoms with van der Waals surface area (Å²) >= 11 is 0. The van der Waals surface area contributed by atoms with E-state index in [1.807, 2.05) is 0 Å². The summed E-state index contributed by atoms with van der Waals surface area (Å²) in [6.07, 6.45) is 27.0. The molecule has 2 fully saturated rings. The third-order valence-corrected chi connectivity index (χ3v) is 9.19. The van der Waals surface area contributed by atoms with E-state index in [4.69, 9.17) is 0 Å². The highest BCUT2D eigenvalue weighted by molar-refractivity contribution is 5.73. The molecular weight excluding hydrogens is 396 g/mol. The lowest BCUT2D eigenvalue weighted by Crippen LogP contribution is -2.11. The van der Waals surface area contributed by atoms with Crippen LogP contribution in [0.3, 0.4) is 0 Å². The van der Waals surface area contributed by atoms with Gasteiger partial charge < -0.3 is 0 Å². The van der Waals surface area contributed by atoms with Crippen LogP contribution in [-0.4, -0.2) is 0 Å². The first-order chi connectivity index (χ1) is 15.5. The van der Waals surface area contributed by atoms with Crippen LogP contribution in [0.5, 0.6) is 0 Å². The summed E-state index contributed by atoms with van der Waals surface area (Å²) in [5.74, 6) is 4.86. The predicted molar refractivity (Wildman–Crippen MR) is 146 cm³/mol. The van der Waals surface area contributed by atoms with E-state index in [1.165, 1.54) is 73.6 Å². The first-order valence-electron chi connectivity index (χ1n) is 13.0. The Labute approximate surface area is 204 Å². The van der Waals surface area contributed by atoms with E-state index in [0.717, 1.165) is 23.7 Å². The Morgan fingerprint density at radius 3 is 2.36 bits per heavy atom. The normalized spacial score (nSPS) is 35.2. The molecule has 0 N–H and O–H groups in total. The van der Waals surface area contributed by atoms with Crippen LogP contribution in [0.2, 0.25) is 0 Å². The summed E-state index contributed by atoms with van der Waals surface area (Å²) in [6.45, 7) is 9.51. The number of hydrogen-bond acceptors (Lipinski definition) is 0. The summed E-state index contributed by atoms with van der Waals surface area (Å²) in [5.41, 5.74) is 9.15. The standard InChI is InChI=1S/C30H40.C2H2.CH4/c1-19-8-11-23-14-25-6-5-7-26(25)16-28(15-23)27-13-10-21(3)30(18-27)22(4)29-17-24(19)12-9-20(29)2;1-2;/h9-10,12-13,17-20,23,25-26,28H,5-8,11,14-16H2,1-4H3;1-2H;1H4/b29-22+;;. The van der Waals surface area contributed by atoms with Gasteiger partial charge >= 0.3 is 0 Å². The van der Waals surface area contributed by atoms with Gasteiger partial charge in [0.1, 0.15) is 0 Å². The van der Waals surface area contributed by atoms with Crippen molar-refractivity contribution in [2.45, 2.75) is 92.4 Å². The highest BCUT2D eigenvalue weighted by Gasteiger charge is 2.36. The minimum atomic E-state index is 0. The van der Waals surface area contributed by atoms with E-state index in [2.05, 4.69) is 77.0 Å². The molecule has 1 aromatic carbocycles. The van der Waals surface area contributed by atoms with Crippen molar-refractivity contribution in [3.8, 4) is 12.8 Å². The molecular formula is C33H46. The van der Waals surface area contributed by atoms with Gasteiger partial charge in [-0.3, -0.25) is 0 Å². The minimum absolute atomic E-state index is 0. The number of terminal acetylenes is 1. The highest BCUT2D eigenvalue weighted by Crippen LogP contribution is 2.49. The predicted octanol–water partition coefficient (Wildman–Crippen LogP) is 9.52. The second-order valence-electron chi connectivity index (χ2n) is 11.1. The molecule has 178 valence electrons. The summed E-state index contributed by atoms with van der Waals surface area (Å²) in [5, 5.41) is 0. The largest absolute Gasteiger partial charge is 0.124 e. The van der Waals surface area contributed by atoms with Crippen LogP contribution >= 0.6 is 0 Å². The topological polar surface area (TPSA) is 0 Å². The molecule has 0 nitrogen and oxygen atoms in total. The van der Waals surface area contributed by atoms with Gasteiger partial charge in [0.15, 0.2) is 0 Å². The maximum absolute atomic E-state index is 4.00. The number of hydrogen-bond donors (Lipinski definition) is 0. The van der Waals surface area contributed by atoms with Crippen molar-refractivity contribution < 1.29 is 0 Å². The third kappa shape index (κ3) is 5.24. The molecule has 1 aromatic rings. The fourth-order valence-electron chi connectivity index (χ4n) is 7.21. The molecule has 5 rings (SSSR count). The molecule has 0 amide bonds. The first kappa shape index (κ1) is 25.6. The van der Waals surface area contributed by atoms with E-state index in [-0.39, 0.29) is 7.43 Å². The van der Waals surface area contributed by atoms with E-state index < -0.39 is 0 Å². The van der Waals surface area contributed by atoms with Crippen molar-refractivity contribution >= 4 is 5.57 Å². The van der Waals surface area contributed by atoms with E-state index in [0.29, 0.717) is 11.8 Å². The minimum Gasteiger partial charge on any atom is -0.124 e. The monoisotopic (exact) mass is 442 g/mol. The molecule has 6 bridgehead atoms. The Morgan fingerprint density at radius 1 is 0.879 bits per heavy atom. The Morgan fingerprint density at radius 2 is 1.61 bits per heavy atom. The molecule has 0 aromatic heterocycles. The Kier molecular flexibility index (Phi) is 8.50. The van der Waals surface area contributed by atoms with Gasteiger partial charge in [0.25, 0.3) is 0 Å². The number of aryl methyl sites for hydroxylation is 1. The molecule has 4 aliphatic carbocycles. The van der Waals surface area contributed by atoms with Crippen LogP contribution in [0.1, 0.15) is 102 Å². The lowest BCUT2D eigenvalue weighted by molar-refractivity contribution is 0.310. The maximum Gasteiger partial charge on any atom is -0.000428 e. The lowest BCUT2D eigenvalue weighted by Gasteiger charge is -2.25. The van der Waals surface area contributed by atoms with Crippen molar-refractivity contribution in [3.63, 3.8) is 0 Å². The van der Waals surface area contributed by atoms with Crippen molar-refractivity contribution in [2.24, 2.45) is 29.6 Å². The summed E-state index contributed by atoms with van der Waals surface area (Å²) < 4.78 is 0. The first-order valence-corrected chi connectivity index (χ1v) is 13.0. The van der Waals surface area contributed by atoms with Gasteiger partial charge in [-0.1, -0.05) is 77.0 Å². The van der Waals surface area contributed by atoms with E-state index in [1.54, 1.807) is 11.1 Å². The molecule has 0 saturated heterocycles. The molecule has 0 aliphatic heterocycles. The fraction of sp³-hybridized carbons (Fsp3) is 0.576. The Bertz CT molecular complexity index is 936. The van der Waals surface area contributed by atoms with Gasteiger partial charge in [-0.15, -0.1) is 12.8 Å². The third-order valence-electron chi connectivity index (χ3n) is 9.19. The molecule has 6 unspecified atom stereocenters. The van der Waals surface area contributed by atoms with Gasteiger partial charge in [0, 0.05) is 0 Å². The van der Waals surface area contributed by atoms with Gasteiger partial charge in [0.05, 0.1) is 0 Å². The second kappa shape index (κ2) is 11.0. The number of benzene rings is 1. The number of rotatable bonds is 0. The molecule has 0 heteroatoms. The SMILES string of the molecule is C.C#C.C/C1=C2/C=C(C=CC2C)C(C)CCC2CC(CC3CCCC3C2)c2ccc(C)c1c2. The van der Waals surface area contributed by atoms with Crippen LogP contribution in [-0.2, 0) is 0 Å². The van der Waals surface area contributed by atoms with Crippen molar-refractivity contribution in [3.05, 3.63) is 64.3 Å². The zero-order chi connectivity index (χ0) is 22.8. The van der Waals surface area contributed by atoms with Crippen molar-refractivity contribution in [1.29, 1.82) is 0 Å². The van der Waals surface area contributed by atoms with Crippen LogP contribution in [0, 0.1) is 49.4 Å². The molecule has 6 atom stereocenters. The number of allylic oxidation sites excluding steroid dienone is 6. The van der Waals surface area contributed by atoms with Crippen LogP contribution in [0.25, 0.3) is 5.57 Å². The Balaban J connectivity index is 0.000000994. The molecule has 0 heterocycles. The lowest BCUT2D eigenvalue weighted by atomic mass is 9.81. The van der Waals surface area contributed by atoms with Crippen LogP contribution in [0.15, 0.2) is 47.6 Å².